The first-order chi connectivity index (χ1) is 20.7. The van der Waals surface area contributed by atoms with E-state index < -0.39 is 0 Å². The van der Waals surface area contributed by atoms with E-state index in [1.54, 1.807) is 6.08 Å². The molecule has 0 bridgehead atoms. The van der Waals surface area contributed by atoms with Gasteiger partial charge in [0.05, 0.1) is 11.0 Å². The molecule has 1 fully saturated rings. The molecule has 1 aromatic heterocycles. The van der Waals surface area contributed by atoms with Gasteiger partial charge < -0.3 is 9.30 Å². The number of hydroxylamine groups is 1. The predicted molar refractivity (Wildman–Crippen MR) is 166 cm³/mol. The van der Waals surface area contributed by atoms with Crippen LogP contribution in [0.2, 0.25) is 0 Å². The fourth-order valence-corrected chi connectivity index (χ4v) is 5.47. The molecule has 212 valence electrons. The molecule has 42 heavy (non-hydrogen) atoms. The van der Waals surface area contributed by atoms with Gasteiger partial charge in [-0.2, -0.15) is 0 Å². The lowest BCUT2D eigenvalue weighted by Crippen LogP contribution is -2.32. The first-order valence-corrected chi connectivity index (χ1v) is 14.6. The van der Waals surface area contributed by atoms with Crippen molar-refractivity contribution >= 4 is 23.0 Å². The summed E-state index contributed by atoms with van der Waals surface area (Å²) >= 11 is 0. The highest BCUT2D eigenvalue weighted by Crippen LogP contribution is 2.32. The number of imidazole rings is 1. The molecule has 0 spiro atoms. The maximum absolute atomic E-state index is 12.3. The van der Waals surface area contributed by atoms with Gasteiger partial charge in [-0.05, 0) is 59.7 Å². The molecule has 2 heterocycles. The molecule has 6 rings (SSSR count). The lowest BCUT2D eigenvalue weighted by atomic mass is 9.90. The molecule has 1 aliphatic heterocycles. The first-order valence-electron chi connectivity index (χ1n) is 14.6. The Balaban J connectivity index is 1.27. The van der Waals surface area contributed by atoms with Crippen molar-refractivity contribution in [1.29, 1.82) is 0 Å². The molecule has 6 nitrogen and oxygen atoms in total. The van der Waals surface area contributed by atoms with Gasteiger partial charge in [0.25, 0.3) is 5.91 Å². The molecular formula is C36H35N3O3. The lowest BCUT2D eigenvalue weighted by Gasteiger charge is -2.21. The molecule has 0 saturated carbocycles. The maximum atomic E-state index is 12.3. The van der Waals surface area contributed by atoms with E-state index in [-0.39, 0.29) is 18.1 Å². The Bertz CT molecular complexity index is 1620. The fraction of sp³-hybridized carbons (Fsp3) is 0.222. The second kappa shape index (κ2) is 13.4. The van der Waals surface area contributed by atoms with Crippen LogP contribution in [0.5, 0.6) is 0 Å². The molecule has 2 unspecified atom stereocenters. The van der Waals surface area contributed by atoms with E-state index >= 15 is 0 Å². The predicted octanol–water partition coefficient (Wildman–Crippen LogP) is 7.05. The van der Waals surface area contributed by atoms with Gasteiger partial charge in [0.2, 0.25) is 0 Å². The number of hydrogen-bond donors (Lipinski definition) is 1. The summed E-state index contributed by atoms with van der Waals surface area (Å²) in [6.45, 7) is 1.41. The number of para-hydroxylation sites is 2. The number of rotatable bonds is 10. The summed E-state index contributed by atoms with van der Waals surface area (Å²) in [4.78, 5) is 22.9. The van der Waals surface area contributed by atoms with Gasteiger partial charge in [0.15, 0.2) is 6.29 Å². The van der Waals surface area contributed by atoms with Crippen molar-refractivity contribution in [1.82, 2.24) is 15.0 Å². The van der Waals surface area contributed by atoms with E-state index in [0.717, 1.165) is 54.6 Å². The fourth-order valence-electron chi connectivity index (χ4n) is 5.47. The minimum absolute atomic E-state index is 0.0359. The van der Waals surface area contributed by atoms with Gasteiger partial charge in [-0.15, -0.1) is 0 Å². The van der Waals surface area contributed by atoms with Crippen LogP contribution in [-0.2, 0) is 27.3 Å². The van der Waals surface area contributed by atoms with E-state index in [4.69, 9.17) is 14.6 Å². The van der Waals surface area contributed by atoms with E-state index in [0.29, 0.717) is 6.61 Å². The Hall–Kier alpha value is -4.52. The molecule has 0 aliphatic carbocycles. The topological polar surface area (TPSA) is 65.4 Å². The SMILES string of the molecule is O=C(C=Cc1ccc(C(Cc2ccccc2)c2nc3ccccc3n2Cc2ccccc2)cc1)NOC1CCCCO1. The van der Waals surface area contributed by atoms with Crippen LogP contribution in [0.3, 0.4) is 0 Å². The van der Waals surface area contributed by atoms with Crippen LogP contribution in [0, 0.1) is 0 Å². The van der Waals surface area contributed by atoms with Gasteiger partial charge in [-0.25, -0.2) is 15.3 Å². The smallest absolute Gasteiger partial charge is 0.267 e. The summed E-state index contributed by atoms with van der Waals surface area (Å²) in [6.07, 6.45) is 6.58. The van der Waals surface area contributed by atoms with Crippen molar-refractivity contribution < 1.29 is 14.4 Å². The zero-order valence-corrected chi connectivity index (χ0v) is 23.6. The Kier molecular flexibility index (Phi) is 8.84. The molecule has 1 N–H and O–H groups in total. The highest BCUT2D eigenvalue weighted by atomic mass is 16.8. The second-order valence-electron chi connectivity index (χ2n) is 10.7. The van der Waals surface area contributed by atoms with Crippen molar-refractivity contribution in [3.8, 4) is 0 Å². The van der Waals surface area contributed by atoms with Crippen molar-refractivity contribution in [2.24, 2.45) is 0 Å². The zero-order chi connectivity index (χ0) is 28.6. The zero-order valence-electron chi connectivity index (χ0n) is 23.6. The normalized spacial score (nSPS) is 16.0. The second-order valence-corrected chi connectivity index (χ2v) is 10.7. The van der Waals surface area contributed by atoms with Crippen molar-refractivity contribution in [2.45, 2.75) is 44.4 Å². The molecule has 0 radical (unpaired) electrons. The van der Waals surface area contributed by atoms with Crippen molar-refractivity contribution in [3.05, 3.63) is 143 Å². The quantitative estimate of drug-likeness (QED) is 0.148. The van der Waals surface area contributed by atoms with Crippen LogP contribution < -0.4 is 5.48 Å². The Labute approximate surface area is 246 Å². The first kappa shape index (κ1) is 27.6. The molecule has 1 amide bonds. The Morgan fingerprint density at radius 3 is 2.36 bits per heavy atom. The Morgan fingerprint density at radius 2 is 1.62 bits per heavy atom. The monoisotopic (exact) mass is 557 g/mol. The molecule has 2 atom stereocenters. The number of nitrogens with zero attached hydrogens (tertiary/aromatic N) is 2. The van der Waals surface area contributed by atoms with Crippen LogP contribution in [0.25, 0.3) is 17.1 Å². The van der Waals surface area contributed by atoms with Gasteiger partial charge >= 0.3 is 0 Å². The summed E-state index contributed by atoms with van der Waals surface area (Å²) in [5.74, 6) is 0.757. The summed E-state index contributed by atoms with van der Waals surface area (Å²) < 4.78 is 7.85. The molecule has 5 aromatic rings. The third kappa shape index (κ3) is 6.85. The molecule has 4 aromatic carbocycles. The number of fused-ring (bicyclic) bond motifs is 1. The van der Waals surface area contributed by atoms with Crippen LogP contribution in [0.1, 0.15) is 53.3 Å². The van der Waals surface area contributed by atoms with Crippen molar-refractivity contribution in [3.63, 3.8) is 0 Å². The number of ether oxygens (including phenoxy) is 1. The Morgan fingerprint density at radius 1 is 0.905 bits per heavy atom. The highest BCUT2D eigenvalue weighted by molar-refractivity contribution is 5.90. The van der Waals surface area contributed by atoms with Gasteiger partial charge in [0.1, 0.15) is 5.82 Å². The van der Waals surface area contributed by atoms with E-state index in [9.17, 15) is 4.79 Å². The van der Waals surface area contributed by atoms with Crippen LogP contribution in [0.15, 0.2) is 115 Å². The van der Waals surface area contributed by atoms with Gasteiger partial charge in [0, 0.05) is 31.6 Å². The van der Waals surface area contributed by atoms with Gasteiger partial charge in [-0.1, -0.05) is 97.1 Å². The summed E-state index contributed by atoms with van der Waals surface area (Å²) in [5, 5.41) is 0. The molecule has 6 heteroatoms. The van der Waals surface area contributed by atoms with Crippen LogP contribution in [-0.4, -0.2) is 28.4 Å². The highest BCUT2D eigenvalue weighted by Gasteiger charge is 2.23. The number of benzene rings is 4. The van der Waals surface area contributed by atoms with Crippen molar-refractivity contribution in [2.75, 3.05) is 6.61 Å². The van der Waals surface area contributed by atoms with Crippen LogP contribution >= 0.6 is 0 Å². The average molecular weight is 558 g/mol. The third-order valence-corrected chi connectivity index (χ3v) is 7.66. The summed E-state index contributed by atoms with van der Waals surface area (Å²) in [5.41, 5.74) is 9.18. The molecule has 1 aliphatic rings. The maximum Gasteiger partial charge on any atom is 0.267 e. The molecule has 1 saturated heterocycles. The van der Waals surface area contributed by atoms with Crippen LogP contribution in [0.4, 0.5) is 0 Å². The lowest BCUT2D eigenvalue weighted by molar-refractivity contribution is -0.198. The third-order valence-electron chi connectivity index (χ3n) is 7.66. The minimum Gasteiger partial charge on any atom is -0.350 e. The summed E-state index contributed by atoms with van der Waals surface area (Å²) in [6, 6.07) is 37.8. The number of carbonyl (C=O) groups is 1. The number of amides is 1. The summed E-state index contributed by atoms with van der Waals surface area (Å²) in [7, 11) is 0. The van der Waals surface area contributed by atoms with Gasteiger partial charge in [-0.3, -0.25) is 4.79 Å². The average Bonchev–Trinajstić information content (AvgIpc) is 3.41. The minimum atomic E-state index is -0.372. The number of hydrogen-bond acceptors (Lipinski definition) is 4. The van der Waals surface area contributed by atoms with E-state index in [1.807, 2.05) is 30.3 Å². The van der Waals surface area contributed by atoms with E-state index in [2.05, 4.69) is 88.9 Å². The number of nitrogens with one attached hydrogen (secondary N) is 1. The number of aromatic nitrogens is 2. The standard InChI is InChI=1S/C36H35N3O3/c40-34(38-42-35-17-9-10-24-41-35)23-20-27-18-21-30(22-19-27)31(25-28-11-3-1-4-12-28)36-37-32-15-7-8-16-33(32)39(36)26-29-13-5-2-6-14-29/h1-8,11-16,18-23,31,35H,9-10,17,24-26H2,(H,38,40). The van der Waals surface area contributed by atoms with E-state index in [1.165, 1.54) is 22.8 Å². The largest absolute Gasteiger partial charge is 0.350 e. The molecular weight excluding hydrogens is 522 g/mol. The number of carbonyl (C=O) groups excluding carboxylic acids is 1.